The van der Waals surface area contributed by atoms with Crippen LogP contribution in [0.15, 0.2) is 23.2 Å². The van der Waals surface area contributed by atoms with Crippen LogP contribution in [0.4, 0.5) is 24.5 Å². The van der Waals surface area contributed by atoms with Crippen LogP contribution in [0.25, 0.3) is 0 Å². The lowest BCUT2D eigenvalue weighted by molar-refractivity contribution is -0.388. The fourth-order valence-corrected chi connectivity index (χ4v) is 1.21. The van der Waals surface area contributed by atoms with Gasteiger partial charge in [0.25, 0.3) is 5.69 Å². The van der Waals surface area contributed by atoms with Gasteiger partial charge in [0, 0.05) is 6.07 Å². The van der Waals surface area contributed by atoms with Crippen LogP contribution in [-0.2, 0) is 6.18 Å². The van der Waals surface area contributed by atoms with E-state index < -0.39 is 28.0 Å². The van der Waals surface area contributed by atoms with Gasteiger partial charge in [-0.05, 0) is 18.3 Å². The summed E-state index contributed by atoms with van der Waals surface area (Å²) in [4.78, 5) is 12.5. The van der Waals surface area contributed by atoms with E-state index >= 15 is 0 Å². The van der Waals surface area contributed by atoms with Crippen molar-refractivity contribution in [3.8, 4) is 0 Å². The lowest BCUT2D eigenvalue weighted by atomic mass is 10.1. The van der Waals surface area contributed by atoms with Crippen molar-refractivity contribution in [2.24, 2.45) is 4.99 Å². The maximum Gasteiger partial charge on any atom is 0.425 e. The highest BCUT2D eigenvalue weighted by molar-refractivity contribution is 7.78. The number of nitro benzene ring substituents is 1. The molecule has 0 radical (unpaired) electrons. The van der Waals surface area contributed by atoms with Crippen molar-refractivity contribution in [2.75, 3.05) is 0 Å². The van der Waals surface area contributed by atoms with Gasteiger partial charge in [-0.1, -0.05) is 6.07 Å². The van der Waals surface area contributed by atoms with Crippen molar-refractivity contribution in [1.29, 1.82) is 0 Å². The Morgan fingerprint density at radius 2 is 2.06 bits per heavy atom. The molecule has 1 aromatic carbocycles. The second kappa shape index (κ2) is 4.38. The van der Waals surface area contributed by atoms with Gasteiger partial charge >= 0.3 is 6.18 Å². The number of isothiocyanates is 1. The molecule has 0 aromatic heterocycles. The van der Waals surface area contributed by atoms with E-state index in [1.807, 2.05) is 0 Å². The van der Waals surface area contributed by atoms with E-state index in [1.165, 1.54) is 0 Å². The van der Waals surface area contributed by atoms with Crippen molar-refractivity contribution in [2.45, 2.75) is 6.18 Å². The van der Waals surface area contributed by atoms with Gasteiger partial charge in [-0.25, -0.2) is 0 Å². The van der Waals surface area contributed by atoms with E-state index in [0.717, 1.165) is 18.2 Å². The van der Waals surface area contributed by atoms with Gasteiger partial charge in [-0.3, -0.25) is 10.1 Å². The SMILES string of the molecule is O=[N+]([O-])c1cccc(N=C=S)c1C(F)(F)F. The van der Waals surface area contributed by atoms with E-state index in [2.05, 4.69) is 17.2 Å². The number of rotatable bonds is 2. The van der Waals surface area contributed by atoms with Crippen molar-refractivity contribution in [3.05, 3.63) is 33.9 Å². The van der Waals surface area contributed by atoms with Crippen LogP contribution in [0.5, 0.6) is 0 Å². The zero-order valence-corrected chi connectivity index (χ0v) is 8.30. The zero-order valence-electron chi connectivity index (χ0n) is 7.49. The van der Waals surface area contributed by atoms with Crippen LogP contribution in [0, 0.1) is 10.1 Å². The van der Waals surface area contributed by atoms with E-state index in [-0.39, 0.29) is 0 Å². The molecule has 0 bridgehead atoms. The second-order valence-corrected chi connectivity index (χ2v) is 2.81. The standard InChI is InChI=1S/C8H3F3N2O2S/c9-8(10,11)7-5(12-4-16)2-1-3-6(7)13(14)15/h1-3H. The average molecular weight is 248 g/mol. The molecule has 0 aliphatic carbocycles. The second-order valence-electron chi connectivity index (χ2n) is 2.63. The Balaban J connectivity index is 3.60. The van der Waals surface area contributed by atoms with Crippen molar-refractivity contribution in [3.63, 3.8) is 0 Å². The quantitative estimate of drug-likeness (QED) is 0.349. The lowest BCUT2D eigenvalue weighted by Crippen LogP contribution is -2.09. The topological polar surface area (TPSA) is 55.5 Å². The molecule has 0 amide bonds. The monoisotopic (exact) mass is 248 g/mol. The smallest absolute Gasteiger partial charge is 0.258 e. The molecule has 0 aliphatic heterocycles. The average Bonchev–Trinajstić information content (AvgIpc) is 2.16. The molecule has 0 aliphatic rings. The summed E-state index contributed by atoms with van der Waals surface area (Å²) in [6.45, 7) is 0. The molecule has 0 atom stereocenters. The Morgan fingerprint density at radius 1 is 1.44 bits per heavy atom. The molecule has 0 N–H and O–H groups in total. The molecule has 4 nitrogen and oxygen atoms in total. The van der Waals surface area contributed by atoms with Crippen LogP contribution in [0.3, 0.4) is 0 Å². The molecular formula is C8H3F3N2O2S. The Kier molecular flexibility index (Phi) is 3.36. The molecule has 0 unspecified atom stereocenters. The summed E-state index contributed by atoms with van der Waals surface area (Å²) in [6, 6.07) is 2.83. The number of halogens is 3. The number of nitrogens with zero attached hydrogens (tertiary/aromatic N) is 2. The van der Waals surface area contributed by atoms with E-state index in [1.54, 1.807) is 5.16 Å². The van der Waals surface area contributed by atoms with E-state index in [0.29, 0.717) is 0 Å². The third-order valence-corrected chi connectivity index (χ3v) is 1.76. The summed E-state index contributed by atoms with van der Waals surface area (Å²) < 4.78 is 37.7. The summed E-state index contributed by atoms with van der Waals surface area (Å²) in [5.74, 6) is 0. The Bertz CT molecular complexity index is 460. The number of thiocarbonyl (C=S) groups is 1. The minimum Gasteiger partial charge on any atom is -0.258 e. The fraction of sp³-hybridized carbons (Fsp3) is 0.125. The Labute approximate surface area is 92.6 Å². The maximum atomic E-state index is 12.6. The molecule has 8 heteroatoms. The predicted molar refractivity (Wildman–Crippen MR) is 52.8 cm³/mol. The first-order valence-corrected chi connectivity index (χ1v) is 4.21. The molecule has 0 fully saturated rings. The molecule has 0 saturated carbocycles. The first-order valence-electron chi connectivity index (χ1n) is 3.80. The van der Waals surface area contributed by atoms with Gasteiger partial charge in [-0.2, -0.15) is 18.2 Å². The van der Waals surface area contributed by atoms with Crippen LogP contribution in [0.2, 0.25) is 0 Å². The van der Waals surface area contributed by atoms with Gasteiger partial charge in [-0.15, -0.1) is 0 Å². The van der Waals surface area contributed by atoms with Gasteiger partial charge < -0.3 is 0 Å². The maximum absolute atomic E-state index is 12.6. The van der Waals surface area contributed by atoms with Crippen LogP contribution in [-0.4, -0.2) is 10.1 Å². The van der Waals surface area contributed by atoms with Crippen LogP contribution >= 0.6 is 12.2 Å². The molecule has 84 valence electrons. The zero-order chi connectivity index (χ0) is 12.3. The third kappa shape index (κ3) is 2.41. The molecule has 0 spiro atoms. The minimum atomic E-state index is -4.87. The number of aliphatic imine (C=N–C) groups is 1. The molecule has 0 saturated heterocycles. The lowest BCUT2D eigenvalue weighted by Gasteiger charge is -2.08. The first-order chi connectivity index (χ1) is 7.38. The van der Waals surface area contributed by atoms with Gasteiger partial charge in [0.05, 0.1) is 15.8 Å². The van der Waals surface area contributed by atoms with Gasteiger partial charge in [0.15, 0.2) is 5.56 Å². The molecule has 0 heterocycles. The fourth-order valence-electron chi connectivity index (χ4n) is 1.11. The number of alkyl halides is 3. The number of hydrogen-bond donors (Lipinski definition) is 0. The van der Waals surface area contributed by atoms with Crippen LogP contribution < -0.4 is 0 Å². The van der Waals surface area contributed by atoms with Crippen molar-refractivity contribution >= 4 is 28.8 Å². The highest BCUT2D eigenvalue weighted by Gasteiger charge is 2.41. The Hall–Kier alpha value is -1.79. The predicted octanol–water partition coefficient (Wildman–Crippen LogP) is 3.35. The summed E-state index contributed by atoms with van der Waals surface area (Å²) in [6.07, 6.45) is -4.87. The van der Waals surface area contributed by atoms with Crippen LogP contribution in [0.1, 0.15) is 5.56 Å². The first kappa shape index (κ1) is 12.3. The van der Waals surface area contributed by atoms with Crippen molar-refractivity contribution in [1.82, 2.24) is 0 Å². The summed E-state index contributed by atoms with van der Waals surface area (Å²) >= 11 is 4.17. The van der Waals surface area contributed by atoms with E-state index in [4.69, 9.17) is 0 Å². The summed E-state index contributed by atoms with van der Waals surface area (Å²) in [7, 11) is 0. The summed E-state index contributed by atoms with van der Waals surface area (Å²) in [5, 5.41) is 12.2. The normalized spacial score (nSPS) is 10.7. The molecule has 1 rings (SSSR count). The van der Waals surface area contributed by atoms with Crippen molar-refractivity contribution < 1.29 is 18.1 Å². The Morgan fingerprint density at radius 3 is 2.50 bits per heavy atom. The molecule has 16 heavy (non-hydrogen) atoms. The molecule has 1 aromatic rings. The largest absolute Gasteiger partial charge is 0.425 e. The highest BCUT2D eigenvalue weighted by atomic mass is 32.1. The summed E-state index contributed by atoms with van der Waals surface area (Å²) in [5.41, 5.74) is -3.09. The van der Waals surface area contributed by atoms with Gasteiger partial charge in [0.1, 0.15) is 0 Å². The minimum absolute atomic E-state index is 0.614. The third-order valence-electron chi connectivity index (χ3n) is 1.67. The number of nitro groups is 1. The van der Waals surface area contributed by atoms with E-state index in [9.17, 15) is 23.3 Å². The highest BCUT2D eigenvalue weighted by Crippen LogP contribution is 2.41. The number of benzene rings is 1. The number of hydrogen-bond acceptors (Lipinski definition) is 4. The molecular weight excluding hydrogens is 245 g/mol. The van der Waals surface area contributed by atoms with Gasteiger partial charge in [0.2, 0.25) is 0 Å².